The van der Waals surface area contributed by atoms with Crippen LogP contribution in [0.1, 0.15) is 13.8 Å². The van der Waals surface area contributed by atoms with E-state index in [4.69, 9.17) is 4.74 Å². The molecule has 0 fully saturated rings. The Morgan fingerprint density at radius 3 is 2.72 bits per heavy atom. The van der Waals surface area contributed by atoms with Gasteiger partial charge in [-0.25, -0.2) is 4.98 Å². The Kier molecular flexibility index (Phi) is 4.73. The Bertz CT molecular complexity index is 453. The molecule has 1 atom stereocenters. The highest BCUT2D eigenvalue weighted by Crippen LogP contribution is 2.23. The first-order valence-corrected chi connectivity index (χ1v) is 7.01. The van der Waals surface area contributed by atoms with Gasteiger partial charge < -0.3 is 10.1 Å². The third-order valence-electron chi connectivity index (χ3n) is 2.55. The number of hydrogen-bond donors (Lipinski definition) is 1. The minimum absolute atomic E-state index is 0.315. The zero-order chi connectivity index (χ0) is 12.8. The molecule has 0 saturated heterocycles. The lowest BCUT2D eigenvalue weighted by atomic mass is 10.2. The Balaban J connectivity index is 1.95. The number of ether oxygens (including phenoxy) is 1. The third-order valence-corrected chi connectivity index (χ3v) is 3.37. The van der Waals surface area contributed by atoms with E-state index in [0.29, 0.717) is 6.04 Å². The second-order valence-electron chi connectivity index (χ2n) is 4.12. The third kappa shape index (κ3) is 3.55. The summed E-state index contributed by atoms with van der Waals surface area (Å²) in [6.07, 6.45) is 1.83. The van der Waals surface area contributed by atoms with Crippen molar-refractivity contribution in [1.82, 2.24) is 4.98 Å². The number of hydrogen-bond acceptors (Lipinski definition) is 4. The highest BCUT2D eigenvalue weighted by molar-refractivity contribution is 7.13. The summed E-state index contributed by atoms with van der Waals surface area (Å²) < 4.78 is 5.38. The van der Waals surface area contributed by atoms with Crippen molar-refractivity contribution < 1.29 is 4.74 Å². The summed E-state index contributed by atoms with van der Waals surface area (Å²) in [5.74, 6) is 0. The van der Waals surface area contributed by atoms with Crippen molar-refractivity contribution in [1.29, 1.82) is 0 Å². The van der Waals surface area contributed by atoms with Crippen LogP contribution in [0.15, 0.2) is 35.8 Å². The zero-order valence-corrected chi connectivity index (χ0v) is 11.5. The molecule has 1 N–H and O–H groups in total. The average molecular weight is 262 g/mol. The smallest absolute Gasteiger partial charge is 0.123 e. The van der Waals surface area contributed by atoms with Crippen molar-refractivity contribution in [3.05, 3.63) is 35.8 Å². The summed E-state index contributed by atoms with van der Waals surface area (Å²) in [7, 11) is 0. The molecule has 3 nitrogen and oxygen atoms in total. The molecule has 0 aliphatic heterocycles. The molecule has 0 aliphatic rings. The molecule has 1 aromatic heterocycles. The molecule has 0 unspecified atom stereocenters. The molecule has 0 spiro atoms. The van der Waals surface area contributed by atoms with Gasteiger partial charge in [-0.3, -0.25) is 0 Å². The predicted molar refractivity (Wildman–Crippen MR) is 77.1 cm³/mol. The Morgan fingerprint density at radius 1 is 1.33 bits per heavy atom. The number of benzene rings is 1. The lowest BCUT2D eigenvalue weighted by molar-refractivity contribution is 0.141. The first-order chi connectivity index (χ1) is 8.79. The quantitative estimate of drug-likeness (QED) is 0.863. The number of rotatable bonds is 6. The van der Waals surface area contributed by atoms with E-state index in [2.05, 4.69) is 41.5 Å². The molecule has 1 heterocycles. The van der Waals surface area contributed by atoms with Gasteiger partial charge in [0.15, 0.2) is 0 Å². The molecule has 2 rings (SSSR count). The van der Waals surface area contributed by atoms with E-state index in [0.717, 1.165) is 29.5 Å². The van der Waals surface area contributed by atoms with Crippen LogP contribution in [0.4, 0.5) is 5.69 Å². The summed E-state index contributed by atoms with van der Waals surface area (Å²) in [4.78, 5) is 4.30. The standard InChI is InChI=1S/C14H18N2OS/c1-3-17-10-11(2)16-13-6-4-12(5-7-13)14-15-8-9-18-14/h4-9,11,16H,3,10H2,1-2H3/t11-/m0/s1. The molecule has 18 heavy (non-hydrogen) atoms. The zero-order valence-electron chi connectivity index (χ0n) is 10.7. The first-order valence-electron chi connectivity index (χ1n) is 6.14. The number of aromatic nitrogens is 1. The van der Waals surface area contributed by atoms with Crippen molar-refractivity contribution in [3.8, 4) is 10.6 Å². The molecule has 4 heteroatoms. The highest BCUT2D eigenvalue weighted by Gasteiger charge is 2.03. The van der Waals surface area contributed by atoms with Crippen LogP contribution in [0, 0.1) is 0 Å². The number of thiazole rings is 1. The van der Waals surface area contributed by atoms with Gasteiger partial charge in [0.2, 0.25) is 0 Å². The maximum atomic E-state index is 5.38. The molecule has 0 radical (unpaired) electrons. The minimum Gasteiger partial charge on any atom is -0.380 e. The van der Waals surface area contributed by atoms with Gasteiger partial charge in [0.25, 0.3) is 0 Å². The fourth-order valence-electron chi connectivity index (χ4n) is 1.70. The maximum absolute atomic E-state index is 5.38. The van der Waals surface area contributed by atoms with E-state index in [9.17, 15) is 0 Å². The molecule has 0 amide bonds. The van der Waals surface area contributed by atoms with Crippen LogP contribution in [0.3, 0.4) is 0 Å². The van der Waals surface area contributed by atoms with E-state index in [1.54, 1.807) is 11.3 Å². The topological polar surface area (TPSA) is 34.1 Å². The van der Waals surface area contributed by atoms with Gasteiger partial charge in [0.05, 0.1) is 6.61 Å². The molecule has 96 valence electrons. The monoisotopic (exact) mass is 262 g/mol. The first kappa shape index (κ1) is 13.1. The molecule has 0 saturated carbocycles. The normalized spacial score (nSPS) is 12.3. The molecular formula is C14H18N2OS. The van der Waals surface area contributed by atoms with Crippen molar-refractivity contribution >= 4 is 17.0 Å². The predicted octanol–water partition coefficient (Wildman–Crippen LogP) is 3.65. The Labute approximate surface area is 112 Å². The van der Waals surface area contributed by atoms with E-state index in [-0.39, 0.29) is 0 Å². The highest BCUT2D eigenvalue weighted by atomic mass is 32.1. The summed E-state index contributed by atoms with van der Waals surface area (Å²) in [5.41, 5.74) is 2.27. The molecule has 0 aliphatic carbocycles. The van der Waals surface area contributed by atoms with Gasteiger partial charge in [-0.2, -0.15) is 0 Å². The molecule has 0 bridgehead atoms. The Hall–Kier alpha value is -1.39. The maximum Gasteiger partial charge on any atom is 0.123 e. The lowest BCUT2D eigenvalue weighted by Crippen LogP contribution is -2.21. The summed E-state index contributed by atoms with van der Waals surface area (Å²) in [6, 6.07) is 8.66. The van der Waals surface area contributed by atoms with Gasteiger partial charge in [-0.1, -0.05) is 0 Å². The van der Waals surface area contributed by atoms with Gasteiger partial charge in [0.1, 0.15) is 5.01 Å². The van der Waals surface area contributed by atoms with Crippen LogP contribution < -0.4 is 5.32 Å². The summed E-state index contributed by atoms with van der Waals surface area (Å²) in [5, 5.41) is 6.46. The summed E-state index contributed by atoms with van der Waals surface area (Å²) >= 11 is 1.66. The van der Waals surface area contributed by atoms with Crippen molar-refractivity contribution in [2.45, 2.75) is 19.9 Å². The lowest BCUT2D eigenvalue weighted by Gasteiger charge is -2.15. The van der Waals surface area contributed by atoms with Gasteiger partial charge in [0, 0.05) is 35.5 Å². The second-order valence-corrected chi connectivity index (χ2v) is 5.01. The van der Waals surface area contributed by atoms with E-state index >= 15 is 0 Å². The van der Waals surface area contributed by atoms with Crippen LogP contribution in [0.25, 0.3) is 10.6 Å². The van der Waals surface area contributed by atoms with Crippen molar-refractivity contribution in [2.75, 3.05) is 18.5 Å². The Morgan fingerprint density at radius 2 is 2.11 bits per heavy atom. The molecule has 2 aromatic rings. The molecular weight excluding hydrogens is 244 g/mol. The van der Waals surface area contributed by atoms with Crippen molar-refractivity contribution in [3.63, 3.8) is 0 Å². The van der Waals surface area contributed by atoms with Gasteiger partial charge >= 0.3 is 0 Å². The van der Waals surface area contributed by atoms with Crippen LogP contribution in [0.5, 0.6) is 0 Å². The number of nitrogens with zero attached hydrogens (tertiary/aromatic N) is 1. The second kappa shape index (κ2) is 6.52. The van der Waals surface area contributed by atoms with Crippen LogP contribution in [-0.2, 0) is 4.74 Å². The van der Waals surface area contributed by atoms with E-state index in [1.165, 1.54) is 0 Å². The number of anilines is 1. The molecule has 1 aromatic carbocycles. The largest absolute Gasteiger partial charge is 0.380 e. The van der Waals surface area contributed by atoms with Crippen LogP contribution in [-0.4, -0.2) is 24.2 Å². The van der Waals surface area contributed by atoms with E-state index in [1.807, 2.05) is 18.5 Å². The fraction of sp³-hybridized carbons (Fsp3) is 0.357. The van der Waals surface area contributed by atoms with Gasteiger partial charge in [-0.05, 0) is 38.1 Å². The van der Waals surface area contributed by atoms with Crippen LogP contribution >= 0.6 is 11.3 Å². The van der Waals surface area contributed by atoms with Crippen LogP contribution in [0.2, 0.25) is 0 Å². The van der Waals surface area contributed by atoms with Crippen molar-refractivity contribution in [2.24, 2.45) is 0 Å². The summed E-state index contributed by atoms with van der Waals surface area (Å²) in [6.45, 7) is 5.61. The fourth-order valence-corrected chi connectivity index (χ4v) is 2.34. The van der Waals surface area contributed by atoms with Gasteiger partial charge in [-0.15, -0.1) is 11.3 Å². The van der Waals surface area contributed by atoms with E-state index < -0.39 is 0 Å². The minimum atomic E-state index is 0.315. The number of nitrogens with one attached hydrogen (secondary N) is 1. The average Bonchev–Trinajstić information content (AvgIpc) is 2.91. The SMILES string of the molecule is CCOC[C@H](C)Nc1ccc(-c2nccs2)cc1.